The van der Waals surface area contributed by atoms with Crippen molar-refractivity contribution in [1.82, 2.24) is 9.97 Å². The molecule has 1 aromatic carbocycles. The summed E-state index contributed by atoms with van der Waals surface area (Å²) in [5.41, 5.74) is 3.56. The summed E-state index contributed by atoms with van der Waals surface area (Å²) in [6.45, 7) is 6.12. The molecule has 2 aromatic rings. The van der Waals surface area contributed by atoms with Crippen molar-refractivity contribution >= 4 is 17.3 Å². The molecule has 0 spiro atoms. The summed E-state index contributed by atoms with van der Waals surface area (Å²) >= 11 is 0. The van der Waals surface area contributed by atoms with Crippen LogP contribution in [0.1, 0.15) is 29.8 Å². The Bertz CT molecular complexity index is 612. The molecule has 1 aliphatic carbocycles. The van der Waals surface area contributed by atoms with Gasteiger partial charge in [0, 0.05) is 17.8 Å². The lowest BCUT2D eigenvalue weighted by molar-refractivity contribution is 1.02. The van der Waals surface area contributed by atoms with Gasteiger partial charge in [-0.05, 0) is 56.9 Å². The van der Waals surface area contributed by atoms with Gasteiger partial charge in [0.15, 0.2) is 0 Å². The van der Waals surface area contributed by atoms with Gasteiger partial charge in [0.05, 0.1) is 0 Å². The highest BCUT2D eigenvalue weighted by Gasteiger charge is 2.21. The molecule has 1 aliphatic rings. The van der Waals surface area contributed by atoms with Crippen molar-refractivity contribution in [2.75, 3.05) is 10.6 Å². The van der Waals surface area contributed by atoms with Crippen molar-refractivity contribution < 1.29 is 0 Å². The van der Waals surface area contributed by atoms with Gasteiger partial charge < -0.3 is 10.6 Å². The quantitative estimate of drug-likeness (QED) is 0.887. The highest BCUT2D eigenvalue weighted by atomic mass is 15.1. The summed E-state index contributed by atoms with van der Waals surface area (Å²) < 4.78 is 0. The number of benzene rings is 1. The number of anilines is 3. The van der Waals surface area contributed by atoms with Gasteiger partial charge in [-0.25, -0.2) is 9.97 Å². The van der Waals surface area contributed by atoms with E-state index in [0.29, 0.717) is 6.04 Å². The monoisotopic (exact) mass is 268 g/mol. The van der Waals surface area contributed by atoms with E-state index in [9.17, 15) is 0 Å². The number of rotatable bonds is 4. The third kappa shape index (κ3) is 3.26. The minimum absolute atomic E-state index is 0.596. The van der Waals surface area contributed by atoms with E-state index in [-0.39, 0.29) is 0 Å². The lowest BCUT2D eigenvalue weighted by Crippen LogP contribution is -2.06. The van der Waals surface area contributed by atoms with Gasteiger partial charge >= 0.3 is 0 Å². The smallest absolute Gasteiger partial charge is 0.136 e. The van der Waals surface area contributed by atoms with Crippen LogP contribution in [0.2, 0.25) is 0 Å². The summed E-state index contributed by atoms with van der Waals surface area (Å²) in [5, 5.41) is 6.78. The van der Waals surface area contributed by atoms with Crippen LogP contribution in [0.5, 0.6) is 0 Å². The molecule has 4 heteroatoms. The van der Waals surface area contributed by atoms with Crippen LogP contribution in [-0.2, 0) is 0 Å². The maximum absolute atomic E-state index is 4.45. The van der Waals surface area contributed by atoms with Crippen LogP contribution >= 0.6 is 0 Å². The van der Waals surface area contributed by atoms with Crippen LogP contribution in [0, 0.1) is 20.8 Å². The van der Waals surface area contributed by atoms with Crippen molar-refractivity contribution in [2.24, 2.45) is 0 Å². The third-order valence-electron chi connectivity index (χ3n) is 3.26. The Balaban J connectivity index is 1.83. The molecule has 0 saturated heterocycles. The SMILES string of the molecule is Cc1cc(C)cc(Nc2cc(NC3CC3)nc(C)n2)c1. The van der Waals surface area contributed by atoms with E-state index in [4.69, 9.17) is 0 Å². The molecule has 1 heterocycles. The molecular formula is C16H20N4. The van der Waals surface area contributed by atoms with Gasteiger partial charge in [0.1, 0.15) is 17.5 Å². The zero-order chi connectivity index (χ0) is 14.1. The summed E-state index contributed by atoms with van der Waals surface area (Å²) in [6.07, 6.45) is 2.48. The first-order valence-corrected chi connectivity index (χ1v) is 7.06. The largest absolute Gasteiger partial charge is 0.367 e. The fourth-order valence-corrected chi connectivity index (χ4v) is 2.34. The van der Waals surface area contributed by atoms with Crippen LogP contribution in [0.4, 0.5) is 17.3 Å². The lowest BCUT2D eigenvalue weighted by atomic mass is 10.1. The Morgan fingerprint density at radius 2 is 1.55 bits per heavy atom. The number of nitrogens with zero attached hydrogens (tertiary/aromatic N) is 2. The lowest BCUT2D eigenvalue weighted by Gasteiger charge is -2.11. The average molecular weight is 268 g/mol. The number of aryl methyl sites for hydroxylation is 3. The van der Waals surface area contributed by atoms with Crippen molar-refractivity contribution in [3.63, 3.8) is 0 Å². The molecule has 1 aromatic heterocycles. The predicted molar refractivity (Wildman–Crippen MR) is 82.6 cm³/mol. The number of hydrogen-bond acceptors (Lipinski definition) is 4. The van der Waals surface area contributed by atoms with Gasteiger partial charge in [-0.2, -0.15) is 0 Å². The van der Waals surface area contributed by atoms with E-state index in [1.54, 1.807) is 0 Å². The van der Waals surface area contributed by atoms with Crippen molar-refractivity contribution in [2.45, 2.75) is 39.7 Å². The van der Waals surface area contributed by atoms with E-state index in [1.807, 2.05) is 13.0 Å². The number of hydrogen-bond donors (Lipinski definition) is 2. The van der Waals surface area contributed by atoms with Gasteiger partial charge in [0.25, 0.3) is 0 Å². The topological polar surface area (TPSA) is 49.8 Å². The fraction of sp³-hybridized carbons (Fsp3) is 0.375. The molecule has 0 aliphatic heterocycles. The Morgan fingerprint density at radius 3 is 2.20 bits per heavy atom. The van der Waals surface area contributed by atoms with E-state index in [2.05, 4.69) is 52.6 Å². The molecule has 0 radical (unpaired) electrons. The Hall–Kier alpha value is -2.10. The molecule has 0 unspecified atom stereocenters. The first-order chi connectivity index (χ1) is 9.58. The second kappa shape index (κ2) is 5.12. The first-order valence-electron chi connectivity index (χ1n) is 7.06. The van der Waals surface area contributed by atoms with Gasteiger partial charge in [0.2, 0.25) is 0 Å². The van der Waals surface area contributed by atoms with Crippen LogP contribution in [0.3, 0.4) is 0 Å². The maximum atomic E-state index is 4.45. The summed E-state index contributed by atoms with van der Waals surface area (Å²) in [7, 11) is 0. The molecule has 1 saturated carbocycles. The van der Waals surface area contributed by atoms with Crippen LogP contribution < -0.4 is 10.6 Å². The van der Waals surface area contributed by atoms with Crippen molar-refractivity contribution in [3.05, 3.63) is 41.2 Å². The fourth-order valence-electron chi connectivity index (χ4n) is 2.34. The van der Waals surface area contributed by atoms with E-state index >= 15 is 0 Å². The Labute approximate surface area is 119 Å². The van der Waals surface area contributed by atoms with E-state index in [1.165, 1.54) is 24.0 Å². The summed E-state index contributed by atoms with van der Waals surface area (Å²) in [6, 6.07) is 8.98. The molecule has 2 N–H and O–H groups in total. The van der Waals surface area contributed by atoms with Gasteiger partial charge in [-0.15, -0.1) is 0 Å². The standard InChI is InChI=1S/C16H20N4/c1-10-6-11(2)8-14(7-10)20-16-9-15(17-12(3)18-16)19-13-4-5-13/h6-9,13H,4-5H2,1-3H3,(H2,17,18,19,20). The zero-order valence-corrected chi connectivity index (χ0v) is 12.2. The second-order valence-corrected chi connectivity index (χ2v) is 5.61. The van der Waals surface area contributed by atoms with Gasteiger partial charge in [-0.3, -0.25) is 0 Å². The van der Waals surface area contributed by atoms with Gasteiger partial charge in [-0.1, -0.05) is 6.07 Å². The molecular weight excluding hydrogens is 248 g/mol. The number of nitrogens with one attached hydrogen (secondary N) is 2. The van der Waals surface area contributed by atoms with E-state index < -0.39 is 0 Å². The summed E-state index contributed by atoms with van der Waals surface area (Å²) in [4.78, 5) is 8.88. The Morgan fingerprint density at radius 1 is 0.900 bits per heavy atom. The maximum Gasteiger partial charge on any atom is 0.136 e. The summed E-state index contributed by atoms with van der Waals surface area (Å²) in [5.74, 6) is 2.53. The average Bonchev–Trinajstić information content (AvgIpc) is 3.10. The van der Waals surface area contributed by atoms with Crippen molar-refractivity contribution in [3.8, 4) is 0 Å². The molecule has 0 amide bonds. The van der Waals surface area contributed by atoms with E-state index in [0.717, 1.165) is 23.1 Å². The Kier molecular flexibility index (Phi) is 3.30. The number of aromatic nitrogens is 2. The molecule has 4 nitrogen and oxygen atoms in total. The minimum Gasteiger partial charge on any atom is -0.367 e. The van der Waals surface area contributed by atoms with Crippen LogP contribution in [-0.4, -0.2) is 16.0 Å². The van der Waals surface area contributed by atoms with Crippen LogP contribution in [0.15, 0.2) is 24.3 Å². The molecule has 3 rings (SSSR count). The first kappa shape index (κ1) is 12.9. The minimum atomic E-state index is 0.596. The molecule has 1 fully saturated rings. The highest BCUT2D eigenvalue weighted by molar-refractivity contribution is 5.61. The highest BCUT2D eigenvalue weighted by Crippen LogP contribution is 2.25. The normalized spacial score (nSPS) is 14.2. The van der Waals surface area contributed by atoms with Crippen molar-refractivity contribution in [1.29, 1.82) is 0 Å². The molecule has 104 valence electrons. The van der Waals surface area contributed by atoms with Crippen LogP contribution in [0.25, 0.3) is 0 Å². The molecule has 0 atom stereocenters. The molecule has 20 heavy (non-hydrogen) atoms. The predicted octanol–water partition coefficient (Wildman–Crippen LogP) is 3.72. The zero-order valence-electron chi connectivity index (χ0n) is 12.2. The second-order valence-electron chi connectivity index (χ2n) is 5.61. The third-order valence-corrected chi connectivity index (χ3v) is 3.26. The molecule has 0 bridgehead atoms.